The third-order valence-corrected chi connectivity index (χ3v) is 2.74. The van der Waals surface area contributed by atoms with Crippen molar-refractivity contribution in [2.45, 2.75) is 6.92 Å². The molecular weight excluding hydrogens is 220 g/mol. The van der Waals surface area contributed by atoms with Crippen LogP contribution in [-0.4, -0.2) is 25.8 Å². The minimum Gasteiger partial charge on any atom is -0.497 e. The number of hydrogen-bond acceptors (Lipinski definition) is 4. The number of carbonyl (C=O) groups is 2. The molecule has 0 aliphatic heterocycles. The lowest BCUT2D eigenvalue weighted by Crippen LogP contribution is -2.19. The predicted octanol–water partition coefficient (Wildman–Crippen LogP) is 1.91. The van der Waals surface area contributed by atoms with Crippen molar-refractivity contribution in [2.75, 3.05) is 14.2 Å². The molecule has 1 aromatic rings. The molecule has 0 saturated carbocycles. The second-order valence-electron chi connectivity index (χ2n) is 3.77. The zero-order valence-electron chi connectivity index (χ0n) is 9.87. The summed E-state index contributed by atoms with van der Waals surface area (Å²) in [7, 11) is 2.89. The highest BCUT2D eigenvalue weighted by molar-refractivity contribution is 6.24. The fraction of sp³-hybridized carbons (Fsp3) is 0.231. The zero-order valence-corrected chi connectivity index (χ0v) is 9.87. The van der Waals surface area contributed by atoms with Crippen LogP contribution in [0.25, 0.3) is 0 Å². The van der Waals surface area contributed by atoms with Gasteiger partial charge in [-0.3, -0.25) is 9.59 Å². The smallest absolute Gasteiger partial charge is 0.228 e. The summed E-state index contributed by atoms with van der Waals surface area (Å²) in [4.78, 5) is 23.9. The molecular formula is C13H12O4. The van der Waals surface area contributed by atoms with Crippen molar-refractivity contribution in [2.24, 2.45) is 0 Å². The number of rotatable bonds is 2. The highest BCUT2D eigenvalue weighted by atomic mass is 16.5. The average Bonchev–Trinajstić information content (AvgIpc) is 2.32. The first-order valence-electron chi connectivity index (χ1n) is 5.12. The van der Waals surface area contributed by atoms with E-state index in [1.807, 2.05) is 0 Å². The largest absolute Gasteiger partial charge is 0.497 e. The van der Waals surface area contributed by atoms with E-state index in [4.69, 9.17) is 9.47 Å². The molecule has 17 heavy (non-hydrogen) atoms. The molecule has 0 atom stereocenters. The van der Waals surface area contributed by atoms with Gasteiger partial charge >= 0.3 is 0 Å². The van der Waals surface area contributed by atoms with Gasteiger partial charge in [-0.2, -0.15) is 0 Å². The van der Waals surface area contributed by atoms with Gasteiger partial charge in [0.2, 0.25) is 5.78 Å². The zero-order chi connectivity index (χ0) is 12.6. The van der Waals surface area contributed by atoms with Crippen LogP contribution in [0.5, 0.6) is 5.75 Å². The standard InChI is InChI=1S/C13H12O4/c1-7-4-8(16-2)5-9-12(7)10(14)6-11(17-3)13(9)15/h4-6H,1-3H3. The van der Waals surface area contributed by atoms with Gasteiger partial charge in [0.05, 0.1) is 14.2 Å². The summed E-state index contributed by atoms with van der Waals surface area (Å²) in [5, 5.41) is 0. The lowest BCUT2D eigenvalue weighted by atomic mass is 9.90. The third kappa shape index (κ3) is 1.71. The van der Waals surface area contributed by atoms with E-state index in [1.165, 1.54) is 20.3 Å². The quantitative estimate of drug-likeness (QED) is 0.781. The van der Waals surface area contributed by atoms with Gasteiger partial charge in [-0.25, -0.2) is 0 Å². The first-order chi connectivity index (χ1) is 8.08. The molecule has 0 aromatic heterocycles. The highest BCUT2D eigenvalue weighted by Gasteiger charge is 2.28. The number of fused-ring (bicyclic) bond motifs is 1. The molecule has 2 rings (SSSR count). The van der Waals surface area contributed by atoms with Crippen molar-refractivity contribution >= 4 is 11.6 Å². The Hall–Kier alpha value is -2.10. The monoisotopic (exact) mass is 232 g/mol. The van der Waals surface area contributed by atoms with E-state index in [2.05, 4.69) is 0 Å². The second kappa shape index (κ2) is 4.05. The van der Waals surface area contributed by atoms with Crippen molar-refractivity contribution in [3.05, 3.63) is 40.7 Å². The number of hydrogen-bond donors (Lipinski definition) is 0. The van der Waals surface area contributed by atoms with Crippen molar-refractivity contribution in [1.82, 2.24) is 0 Å². The molecule has 0 N–H and O–H groups in total. The van der Waals surface area contributed by atoms with Gasteiger partial charge < -0.3 is 9.47 Å². The molecule has 1 aliphatic carbocycles. The molecule has 0 spiro atoms. The minimum absolute atomic E-state index is 0.0650. The number of benzene rings is 1. The van der Waals surface area contributed by atoms with Gasteiger partial charge in [-0.15, -0.1) is 0 Å². The average molecular weight is 232 g/mol. The second-order valence-corrected chi connectivity index (χ2v) is 3.77. The van der Waals surface area contributed by atoms with Crippen LogP contribution in [0, 0.1) is 6.92 Å². The van der Waals surface area contributed by atoms with Gasteiger partial charge in [0.1, 0.15) is 5.75 Å². The lowest BCUT2D eigenvalue weighted by molar-refractivity contribution is 0.0916. The summed E-state index contributed by atoms with van der Waals surface area (Å²) in [6.45, 7) is 1.78. The molecule has 0 radical (unpaired) electrons. The summed E-state index contributed by atoms with van der Waals surface area (Å²) >= 11 is 0. The van der Waals surface area contributed by atoms with Crippen LogP contribution >= 0.6 is 0 Å². The van der Waals surface area contributed by atoms with E-state index in [0.717, 1.165) is 5.56 Å². The van der Waals surface area contributed by atoms with Crippen LogP contribution < -0.4 is 4.74 Å². The third-order valence-electron chi connectivity index (χ3n) is 2.74. The molecule has 0 saturated heterocycles. The highest BCUT2D eigenvalue weighted by Crippen LogP contribution is 2.28. The number of methoxy groups -OCH3 is 2. The van der Waals surface area contributed by atoms with Crippen molar-refractivity contribution < 1.29 is 19.1 Å². The number of aryl methyl sites for hydroxylation is 1. The van der Waals surface area contributed by atoms with E-state index in [0.29, 0.717) is 16.9 Å². The van der Waals surface area contributed by atoms with Crippen LogP contribution in [0.1, 0.15) is 26.3 Å². The maximum atomic E-state index is 12.0. The summed E-state index contributed by atoms with van der Waals surface area (Å²) in [5.74, 6) is 0.121. The predicted molar refractivity (Wildman–Crippen MR) is 61.5 cm³/mol. The fourth-order valence-electron chi connectivity index (χ4n) is 1.92. The summed E-state index contributed by atoms with van der Waals surface area (Å²) in [6, 6.07) is 3.30. The minimum atomic E-state index is -0.288. The van der Waals surface area contributed by atoms with E-state index < -0.39 is 0 Å². The fourth-order valence-corrected chi connectivity index (χ4v) is 1.92. The molecule has 0 unspecified atom stereocenters. The molecule has 4 nitrogen and oxygen atoms in total. The Morgan fingerprint density at radius 3 is 2.35 bits per heavy atom. The molecule has 0 fully saturated rings. The molecule has 88 valence electrons. The Morgan fingerprint density at radius 1 is 1.06 bits per heavy atom. The van der Waals surface area contributed by atoms with Gasteiger partial charge in [0.25, 0.3) is 0 Å². The molecule has 4 heteroatoms. The van der Waals surface area contributed by atoms with Crippen LogP contribution in [0.15, 0.2) is 24.0 Å². The number of carbonyl (C=O) groups excluding carboxylic acids is 2. The summed E-state index contributed by atoms with van der Waals surface area (Å²) in [5.41, 5.74) is 1.49. The maximum absolute atomic E-state index is 12.0. The van der Waals surface area contributed by atoms with E-state index in [1.54, 1.807) is 19.1 Å². The van der Waals surface area contributed by atoms with Crippen LogP contribution in [0.4, 0.5) is 0 Å². The van der Waals surface area contributed by atoms with Crippen LogP contribution in [-0.2, 0) is 4.74 Å². The number of ether oxygens (including phenoxy) is 2. The lowest BCUT2D eigenvalue weighted by Gasteiger charge is -2.17. The van der Waals surface area contributed by atoms with Gasteiger partial charge in [-0.1, -0.05) is 0 Å². The molecule has 0 amide bonds. The van der Waals surface area contributed by atoms with Crippen LogP contribution in [0.3, 0.4) is 0 Å². The Labute approximate surface area is 98.8 Å². The van der Waals surface area contributed by atoms with Crippen molar-refractivity contribution in [1.29, 1.82) is 0 Å². The first-order valence-corrected chi connectivity index (χ1v) is 5.12. The molecule has 0 heterocycles. The molecule has 1 aliphatic rings. The Kier molecular flexibility index (Phi) is 2.71. The number of Topliss-reactive ketones (excluding diaryl/α,β-unsaturated/α-hetero) is 1. The topological polar surface area (TPSA) is 52.6 Å². The first kappa shape index (κ1) is 11.4. The van der Waals surface area contributed by atoms with E-state index in [9.17, 15) is 9.59 Å². The van der Waals surface area contributed by atoms with Crippen molar-refractivity contribution in [3.8, 4) is 5.75 Å². The van der Waals surface area contributed by atoms with Gasteiger partial charge in [0, 0.05) is 17.2 Å². The van der Waals surface area contributed by atoms with Crippen LogP contribution in [0.2, 0.25) is 0 Å². The Bertz CT molecular complexity index is 541. The summed E-state index contributed by atoms with van der Waals surface area (Å²) in [6.07, 6.45) is 1.23. The van der Waals surface area contributed by atoms with E-state index in [-0.39, 0.29) is 17.3 Å². The normalized spacial score (nSPS) is 14.2. The van der Waals surface area contributed by atoms with Gasteiger partial charge in [0.15, 0.2) is 11.5 Å². The Morgan fingerprint density at radius 2 is 1.76 bits per heavy atom. The van der Waals surface area contributed by atoms with Crippen molar-refractivity contribution in [3.63, 3.8) is 0 Å². The van der Waals surface area contributed by atoms with E-state index >= 15 is 0 Å². The number of ketones is 2. The molecule has 0 bridgehead atoms. The SMILES string of the molecule is COC1=CC(=O)c2c(C)cc(OC)cc2C1=O. The summed E-state index contributed by atoms with van der Waals surface area (Å²) < 4.78 is 9.98. The van der Waals surface area contributed by atoms with Gasteiger partial charge in [-0.05, 0) is 24.6 Å². The number of allylic oxidation sites excluding steroid dienone is 2. The molecule has 1 aromatic carbocycles. The Balaban J connectivity index is 2.67. The maximum Gasteiger partial charge on any atom is 0.228 e.